The third-order valence-corrected chi connectivity index (χ3v) is 4.93. The second-order valence-corrected chi connectivity index (χ2v) is 7.76. The smallest absolute Gasteiger partial charge is 0.320 e. The molecular formula is C21H22BrN5O5. The first kappa shape index (κ1) is 23.4. The number of esters is 1. The molecule has 1 heterocycles. The van der Waals surface area contributed by atoms with Crippen molar-refractivity contribution in [1.29, 1.82) is 0 Å². The quantitative estimate of drug-likeness (QED) is 0.249. The molecular weight excluding hydrogens is 482 g/mol. The Kier molecular flexibility index (Phi) is 7.90. The Hall–Kier alpha value is -3.31. The number of anilines is 2. The zero-order chi connectivity index (χ0) is 23.1. The van der Waals surface area contributed by atoms with E-state index in [9.17, 15) is 14.9 Å². The number of nitrogens with zero attached hydrogens (tertiary/aromatic N) is 4. The molecule has 0 amide bonds. The first-order chi connectivity index (χ1) is 15.4. The fraction of sp³-hybridized carbons (Fsp3) is 0.286. The number of nitrogens with one attached hydrogen (secondary N) is 1. The Morgan fingerprint density at radius 2 is 2.09 bits per heavy atom. The van der Waals surface area contributed by atoms with Crippen LogP contribution in [0.5, 0.6) is 5.75 Å². The number of nitro benzene ring substituents is 1. The number of benzene rings is 2. The van der Waals surface area contributed by atoms with Gasteiger partial charge in [-0.1, -0.05) is 22.0 Å². The van der Waals surface area contributed by atoms with E-state index in [2.05, 4.69) is 31.2 Å². The third kappa shape index (κ3) is 6.11. The molecule has 11 heteroatoms. The fourth-order valence-electron chi connectivity index (χ4n) is 2.95. The van der Waals surface area contributed by atoms with Crippen LogP contribution in [-0.4, -0.2) is 59.1 Å². The Labute approximate surface area is 192 Å². The van der Waals surface area contributed by atoms with Crippen LogP contribution in [-0.2, 0) is 9.53 Å². The highest BCUT2D eigenvalue weighted by Gasteiger charge is 2.20. The third-order valence-electron chi connectivity index (χ3n) is 4.44. The van der Waals surface area contributed by atoms with E-state index in [-0.39, 0.29) is 30.6 Å². The van der Waals surface area contributed by atoms with Crippen molar-refractivity contribution < 1.29 is 19.2 Å². The van der Waals surface area contributed by atoms with Crippen molar-refractivity contribution in [2.24, 2.45) is 0 Å². The van der Waals surface area contributed by atoms with Gasteiger partial charge in [-0.25, -0.2) is 9.97 Å². The number of fused-ring (bicyclic) bond motifs is 1. The van der Waals surface area contributed by atoms with Crippen molar-refractivity contribution in [3.8, 4) is 5.75 Å². The van der Waals surface area contributed by atoms with Gasteiger partial charge in [0.05, 0.1) is 29.0 Å². The van der Waals surface area contributed by atoms with Crippen molar-refractivity contribution in [3.63, 3.8) is 0 Å². The van der Waals surface area contributed by atoms with Gasteiger partial charge in [-0.15, -0.1) is 0 Å². The van der Waals surface area contributed by atoms with Gasteiger partial charge >= 0.3 is 11.7 Å². The summed E-state index contributed by atoms with van der Waals surface area (Å²) >= 11 is 3.41. The minimum atomic E-state index is -0.507. The van der Waals surface area contributed by atoms with Crippen molar-refractivity contribution in [2.45, 2.75) is 6.92 Å². The van der Waals surface area contributed by atoms with Crippen molar-refractivity contribution in [3.05, 3.63) is 57.3 Å². The number of likely N-dealkylation sites (N-methyl/N-ethyl adjacent to an activating group) is 1. The zero-order valence-electron chi connectivity index (χ0n) is 17.6. The standard InChI is InChI=1S/C21H22BrN5O5/c1-3-31-20(28)12-26(2)7-8-32-19-11-17-16(10-18(19)27(29)30)21(24-13-23-17)25-15-6-4-5-14(22)9-15/h4-6,9-11,13H,3,7-8,12H2,1-2H3,(H,23,24,25). The number of carbonyl (C=O) groups is 1. The minimum Gasteiger partial charge on any atom is -0.485 e. The van der Waals surface area contributed by atoms with E-state index in [1.807, 2.05) is 24.3 Å². The normalized spacial score (nSPS) is 10.9. The Balaban J connectivity index is 1.80. The summed E-state index contributed by atoms with van der Waals surface area (Å²) in [7, 11) is 1.74. The minimum absolute atomic E-state index is 0.0964. The molecule has 0 unspecified atom stereocenters. The first-order valence-electron chi connectivity index (χ1n) is 9.80. The highest BCUT2D eigenvalue weighted by atomic mass is 79.9. The van der Waals surface area contributed by atoms with Crippen LogP contribution in [0.15, 0.2) is 47.2 Å². The van der Waals surface area contributed by atoms with Crippen LogP contribution in [0.4, 0.5) is 17.2 Å². The van der Waals surface area contributed by atoms with Gasteiger partial charge in [0.25, 0.3) is 0 Å². The number of hydrogen-bond donors (Lipinski definition) is 1. The second-order valence-electron chi connectivity index (χ2n) is 6.84. The molecule has 3 aromatic rings. The van der Waals surface area contributed by atoms with Gasteiger partial charge in [-0.05, 0) is 32.2 Å². The summed E-state index contributed by atoms with van der Waals surface area (Å²) in [6.07, 6.45) is 1.38. The molecule has 168 valence electrons. The van der Waals surface area contributed by atoms with E-state index in [1.165, 1.54) is 18.5 Å². The number of halogens is 1. The van der Waals surface area contributed by atoms with Gasteiger partial charge in [0.15, 0.2) is 5.75 Å². The molecule has 0 fully saturated rings. The van der Waals surface area contributed by atoms with Crippen molar-refractivity contribution in [1.82, 2.24) is 14.9 Å². The number of aromatic nitrogens is 2. The van der Waals surface area contributed by atoms with Crippen LogP contribution in [0.25, 0.3) is 10.9 Å². The molecule has 0 aliphatic carbocycles. The van der Waals surface area contributed by atoms with Crippen LogP contribution in [0.3, 0.4) is 0 Å². The molecule has 1 aromatic heterocycles. The molecule has 0 aliphatic heterocycles. The van der Waals surface area contributed by atoms with Gasteiger partial charge in [0.2, 0.25) is 0 Å². The monoisotopic (exact) mass is 503 g/mol. The molecule has 32 heavy (non-hydrogen) atoms. The summed E-state index contributed by atoms with van der Waals surface area (Å²) in [6.45, 7) is 2.69. The van der Waals surface area contributed by atoms with Crippen LogP contribution < -0.4 is 10.1 Å². The molecule has 0 saturated carbocycles. The Morgan fingerprint density at radius 3 is 2.81 bits per heavy atom. The molecule has 0 bridgehead atoms. The van der Waals surface area contributed by atoms with Gasteiger partial charge in [-0.2, -0.15) is 0 Å². The predicted molar refractivity (Wildman–Crippen MR) is 123 cm³/mol. The molecule has 2 aromatic carbocycles. The summed E-state index contributed by atoms with van der Waals surface area (Å²) in [5, 5.41) is 15.3. The summed E-state index contributed by atoms with van der Waals surface area (Å²) in [4.78, 5) is 32.9. The SMILES string of the molecule is CCOC(=O)CN(C)CCOc1cc2ncnc(Nc3cccc(Br)c3)c2cc1[N+](=O)[O-]. The lowest BCUT2D eigenvalue weighted by molar-refractivity contribution is -0.385. The van der Waals surface area contributed by atoms with Gasteiger partial charge in [0, 0.05) is 28.8 Å². The Morgan fingerprint density at radius 1 is 1.28 bits per heavy atom. The van der Waals surface area contributed by atoms with E-state index < -0.39 is 4.92 Å². The number of hydrogen-bond acceptors (Lipinski definition) is 9. The lowest BCUT2D eigenvalue weighted by atomic mass is 10.2. The van der Waals surface area contributed by atoms with E-state index in [4.69, 9.17) is 9.47 Å². The molecule has 0 aliphatic rings. The molecule has 1 N–H and O–H groups in total. The van der Waals surface area contributed by atoms with Crippen LogP contribution in [0.1, 0.15) is 6.92 Å². The Bertz CT molecular complexity index is 1130. The maximum absolute atomic E-state index is 11.7. The molecule has 0 atom stereocenters. The number of ether oxygens (including phenoxy) is 2. The maximum atomic E-state index is 11.7. The summed E-state index contributed by atoms with van der Waals surface area (Å²) < 4.78 is 11.5. The fourth-order valence-corrected chi connectivity index (χ4v) is 3.35. The number of carbonyl (C=O) groups excluding carboxylic acids is 1. The predicted octanol–water partition coefficient (Wildman–Crippen LogP) is 3.92. The molecule has 0 spiro atoms. The van der Waals surface area contributed by atoms with Gasteiger partial charge < -0.3 is 14.8 Å². The largest absolute Gasteiger partial charge is 0.485 e. The van der Waals surface area contributed by atoms with Crippen LogP contribution in [0, 0.1) is 10.1 Å². The molecule has 0 saturated heterocycles. The van der Waals surface area contributed by atoms with Gasteiger partial charge in [0.1, 0.15) is 18.8 Å². The summed E-state index contributed by atoms with van der Waals surface area (Å²) in [6, 6.07) is 10.4. The number of nitro groups is 1. The topological polar surface area (TPSA) is 120 Å². The number of rotatable bonds is 10. The zero-order valence-corrected chi connectivity index (χ0v) is 19.2. The average molecular weight is 504 g/mol. The van der Waals surface area contributed by atoms with Crippen molar-refractivity contribution in [2.75, 3.05) is 38.7 Å². The molecule has 3 rings (SSSR count). The highest BCUT2D eigenvalue weighted by molar-refractivity contribution is 9.10. The second kappa shape index (κ2) is 10.8. The van der Waals surface area contributed by atoms with Gasteiger partial charge in [-0.3, -0.25) is 19.8 Å². The van der Waals surface area contributed by atoms with E-state index >= 15 is 0 Å². The summed E-state index contributed by atoms with van der Waals surface area (Å²) in [5.74, 6) is 0.199. The van der Waals surface area contributed by atoms with Crippen molar-refractivity contribution >= 4 is 50.0 Å². The van der Waals surface area contributed by atoms with E-state index in [0.29, 0.717) is 29.9 Å². The van der Waals surface area contributed by atoms with Crippen LogP contribution >= 0.6 is 15.9 Å². The maximum Gasteiger partial charge on any atom is 0.320 e. The van der Waals surface area contributed by atoms with E-state index in [0.717, 1.165) is 10.2 Å². The lowest BCUT2D eigenvalue weighted by Crippen LogP contribution is -2.31. The average Bonchev–Trinajstić information content (AvgIpc) is 2.73. The van der Waals surface area contributed by atoms with Crippen LogP contribution in [0.2, 0.25) is 0 Å². The lowest BCUT2D eigenvalue weighted by Gasteiger charge is -2.16. The van der Waals surface area contributed by atoms with E-state index in [1.54, 1.807) is 18.9 Å². The molecule has 0 radical (unpaired) electrons. The highest BCUT2D eigenvalue weighted by Crippen LogP contribution is 2.34. The summed E-state index contributed by atoms with van der Waals surface area (Å²) in [5.41, 5.74) is 1.07. The molecule has 10 nitrogen and oxygen atoms in total. The first-order valence-corrected chi connectivity index (χ1v) is 10.6.